The number of nitrogens with one attached hydrogen (secondary N) is 1. The Bertz CT molecular complexity index is 801. The highest BCUT2D eigenvalue weighted by Gasteiger charge is 2.27. The number of aliphatic carboxylic acids is 1. The highest BCUT2D eigenvalue weighted by Crippen LogP contribution is 2.20. The van der Waals surface area contributed by atoms with Gasteiger partial charge in [0.05, 0.1) is 16.8 Å². The molecule has 0 fully saturated rings. The van der Waals surface area contributed by atoms with E-state index in [0.717, 1.165) is 12.1 Å². The van der Waals surface area contributed by atoms with Crippen LogP contribution in [0.2, 0.25) is 5.02 Å². The lowest BCUT2D eigenvalue weighted by molar-refractivity contribution is -0.147. The van der Waals surface area contributed by atoms with E-state index in [-0.39, 0.29) is 18.1 Å². The number of rotatable bonds is 8. The van der Waals surface area contributed by atoms with Crippen LogP contribution >= 0.6 is 11.6 Å². The summed E-state index contributed by atoms with van der Waals surface area (Å²) in [6.45, 7) is 5.50. The summed E-state index contributed by atoms with van der Waals surface area (Å²) >= 11 is 6.04. The molecule has 0 spiro atoms. The average molecular weight is 379 g/mol. The quantitative estimate of drug-likeness (QED) is 0.735. The maximum Gasteiger partial charge on any atom is 0.309 e. The molecule has 7 nitrogen and oxygen atoms in total. The van der Waals surface area contributed by atoms with Gasteiger partial charge in [-0.05, 0) is 44.9 Å². The number of halogens is 1. The summed E-state index contributed by atoms with van der Waals surface area (Å²) < 4.78 is 1.62. The minimum atomic E-state index is -0.905. The summed E-state index contributed by atoms with van der Waals surface area (Å²) in [5, 5.41) is 20.6. The van der Waals surface area contributed by atoms with Crippen molar-refractivity contribution in [3.8, 4) is 5.69 Å². The smallest absolute Gasteiger partial charge is 0.309 e. The molecule has 2 N–H and O–H groups in total. The minimum absolute atomic E-state index is 0.244. The van der Waals surface area contributed by atoms with Crippen molar-refractivity contribution in [1.82, 2.24) is 20.3 Å². The first-order valence-electron chi connectivity index (χ1n) is 8.48. The summed E-state index contributed by atoms with van der Waals surface area (Å²) in [6.07, 6.45) is 1.77. The molecule has 140 valence electrons. The first kappa shape index (κ1) is 19.9. The van der Waals surface area contributed by atoms with Gasteiger partial charge in [-0.25, -0.2) is 4.68 Å². The molecule has 2 rings (SSSR count). The second-order valence-corrected chi connectivity index (χ2v) is 7.16. The normalized spacial score (nSPS) is 11.4. The molecule has 1 heterocycles. The third kappa shape index (κ3) is 4.60. The van der Waals surface area contributed by atoms with Gasteiger partial charge in [0.25, 0.3) is 5.91 Å². The number of carbonyl (C=O) groups is 2. The first-order chi connectivity index (χ1) is 12.3. The van der Waals surface area contributed by atoms with Crippen LogP contribution in [0.1, 0.15) is 49.8 Å². The molecule has 0 aliphatic rings. The molecule has 0 unspecified atom stereocenters. The molecule has 0 atom stereocenters. The second-order valence-electron chi connectivity index (χ2n) is 6.72. The van der Waals surface area contributed by atoms with Crippen molar-refractivity contribution in [2.24, 2.45) is 5.41 Å². The van der Waals surface area contributed by atoms with Gasteiger partial charge in [-0.15, -0.1) is 5.10 Å². The molecule has 1 aromatic carbocycles. The molecule has 1 aromatic heterocycles. The number of aromatic nitrogens is 3. The van der Waals surface area contributed by atoms with Crippen molar-refractivity contribution in [1.29, 1.82) is 0 Å². The molecule has 1 amide bonds. The third-order valence-electron chi connectivity index (χ3n) is 4.13. The van der Waals surface area contributed by atoms with Gasteiger partial charge in [-0.3, -0.25) is 9.59 Å². The average Bonchev–Trinajstić information content (AvgIpc) is 2.98. The van der Waals surface area contributed by atoms with Gasteiger partial charge in [0.2, 0.25) is 0 Å². The highest BCUT2D eigenvalue weighted by atomic mass is 35.5. The van der Waals surface area contributed by atoms with E-state index in [0.29, 0.717) is 23.6 Å². The molecule has 0 aliphatic heterocycles. The van der Waals surface area contributed by atoms with Crippen LogP contribution in [0.15, 0.2) is 24.3 Å². The number of hydrogen-bond donors (Lipinski definition) is 2. The molecule has 26 heavy (non-hydrogen) atoms. The molecule has 8 heteroatoms. The van der Waals surface area contributed by atoms with E-state index in [1.165, 1.54) is 0 Å². The first-order valence-corrected chi connectivity index (χ1v) is 8.86. The van der Waals surface area contributed by atoms with E-state index in [4.69, 9.17) is 16.7 Å². The topological polar surface area (TPSA) is 97.1 Å². The number of benzene rings is 1. The Balaban J connectivity index is 2.18. The predicted octanol–water partition coefficient (Wildman–Crippen LogP) is 3.10. The summed E-state index contributed by atoms with van der Waals surface area (Å²) in [5.74, 6) is -1.26. The van der Waals surface area contributed by atoms with Gasteiger partial charge in [0.1, 0.15) is 0 Å². The molecule has 0 radical (unpaired) electrons. The molecule has 0 saturated heterocycles. The zero-order valence-corrected chi connectivity index (χ0v) is 15.9. The maximum atomic E-state index is 12.5. The molecule has 0 saturated carbocycles. The van der Waals surface area contributed by atoms with Crippen LogP contribution in [0.4, 0.5) is 0 Å². The Morgan fingerprint density at radius 1 is 1.35 bits per heavy atom. The zero-order chi connectivity index (χ0) is 19.3. The van der Waals surface area contributed by atoms with E-state index in [1.54, 1.807) is 30.7 Å². The maximum absolute atomic E-state index is 12.5. The van der Waals surface area contributed by atoms with Crippen LogP contribution in [0.25, 0.3) is 5.69 Å². The van der Waals surface area contributed by atoms with Crippen LogP contribution in [0, 0.1) is 5.41 Å². The van der Waals surface area contributed by atoms with Crippen molar-refractivity contribution >= 4 is 23.5 Å². The van der Waals surface area contributed by atoms with Crippen LogP contribution < -0.4 is 5.32 Å². The van der Waals surface area contributed by atoms with E-state index in [2.05, 4.69) is 15.6 Å². The lowest BCUT2D eigenvalue weighted by Crippen LogP contribution is -2.32. The van der Waals surface area contributed by atoms with Gasteiger partial charge >= 0.3 is 5.97 Å². The number of nitrogens with zero attached hydrogens (tertiary/aromatic N) is 3. The number of amides is 1. The molecule has 0 aliphatic carbocycles. The Morgan fingerprint density at radius 2 is 2.08 bits per heavy atom. The van der Waals surface area contributed by atoms with Gasteiger partial charge < -0.3 is 10.4 Å². The summed E-state index contributed by atoms with van der Waals surface area (Å²) in [6, 6.07) is 7.17. The standard InChI is InChI=1S/C18H23ClN4O3/c1-4-6-14-15(16(24)20-10-9-18(2,3)17(25)26)21-22-23(14)13-8-5-7-12(19)11-13/h5,7-8,11H,4,6,9-10H2,1-3H3,(H,20,24)(H,25,26). The van der Waals surface area contributed by atoms with E-state index < -0.39 is 11.4 Å². The Hall–Kier alpha value is -2.41. The summed E-state index contributed by atoms with van der Waals surface area (Å²) in [7, 11) is 0. The Morgan fingerprint density at radius 3 is 2.69 bits per heavy atom. The molecular formula is C18H23ClN4O3. The zero-order valence-electron chi connectivity index (χ0n) is 15.1. The van der Waals surface area contributed by atoms with Crippen LogP contribution in [-0.4, -0.2) is 38.5 Å². The molecule has 2 aromatic rings. The second kappa shape index (κ2) is 8.31. The van der Waals surface area contributed by atoms with Crippen molar-refractivity contribution in [3.63, 3.8) is 0 Å². The largest absolute Gasteiger partial charge is 0.481 e. The molecular weight excluding hydrogens is 356 g/mol. The molecule has 0 bridgehead atoms. The van der Waals surface area contributed by atoms with Gasteiger partial charge in [-0.1, -0.05) is 36.2 Å². The number of carbonyl (C=O) groups excluding carboxylic acids is 1. The predicted molar refractivity (Wildman–Crippen MR) is 98.7 cm³/mol. The van der Waals surface area contributed by atoms with Crippen molar-refractivity contribution in [2.45, 2.75) is 40.0 Å². The van der Waals surface area contributed by atoms with E-state index in [9.17, 15) is 9.59 Å². The fraction of sp³-hybridized carbons (Fsp3) is 0.444. The number of hydrogen-bond acceptors (Lipinski definition) is 4. The Labute approximate surface area is 157 Å². The van der Waals surface area contributed by atoms with E-state index >= 15 is 0 Å². The van der Waals surface area contributed by atoms with Gasteiger partial charge in [-0.2, -0.15) is 0 Å². The van der Waals surface area contributed by atoms with E-state index in [1.807, 2.05) is 19.1 Å². The van der Waals surface area contributed by atoms with Gasteiger partial charge in [0.15, 0.2) is 5.69 Å². The summed E-state index contributed by atoms with van der Waals surface area (Å²) in [5.41, 5.74) is 0.780. The number of carboxylic acid groups (broad SMARTS) is 1. The monoisotopic (exact) mass is 378 g/mol. The fourth-order valence-corrected chi connectivity index (χ4v) is 2.62. The van der Waals surface area contributed by atoms with Crippen LogP contribution in [0.5, 0.6) is 0 Å². The lowest BCUT2D eigenvalue weighted by Gasteiger charge is -2.18. The third-order valence-corrected chi connectivity index (χ3v) is 4.37. The Kier molecular flexibility index (Phi) is 6.37. The highest BCUT2D eigenvalue weighted by molar-refractivity contribution is 6.30. The minimum Gasteiger partial charge on any atom is -0.481 e. The van der Waals surface area contributed by atoms with Crippen LogP contribution in [0.3, 0.4) is 0 Å². The van der Waals surface area contributed by atoms with Crippen LogP contribution in [-0.2, 0) is 11.2 Å². The SMILES string of the molecule is CCCc1c(C(=O)NCCC(C)(C)C(=O)O)nnn1-c1cccc(Cl)c1. The fourth-order valence-electron chi connectivity index (χ4n) is 2.43. The number of carboxylic acids is 1. The summed E-state index contributed by atoms with van der Waals surface area (Å²) in [4.78, 5) is 23.7. The van der Waals surface area contributed by atoms with Crippen molar-refractivity contribution in [3.05, 3.63) is 40.7 Å². The lowest BCUT2D eigenvalue weighted by atomic mass is 9.90. The van der Waals surface area contributed by atoms with Crippen molar-refractivity contribution < 1.29 is 14.7 Å². The van der Waals surface area contributed by atoms with Crippen molar-refractivity contribution in [2.75, 3.05) is 6.54 Å². The van der Waals surface area contributed by atoms with Gasteiger partial charge in [0, 0.05) is 11.6 Å².